The Hall–Kier alpha value is -2.32. The minimum absolute atomic E-state index is 0.0934. The van der Waals surface area contributed by atoms with Crippen LogP contribution in [0.25, 0.3) is 11.4 Å². The molecule has 0 aliphatic heterocycles. The van der Waals surface area contributed by atoms with Gasteiger partial charge < -0.3 is 14.6 Å². The normalized spacial score (nSPS) is 11.9. The second kappa shape index (κ2) is 8.58. The van der Waals surface area contributed by atoms with E-state index in [2.05, 4.69) is 31.4 Å². The van der Waals surface area contributed by atoms with E-state index in [1.54, 1.807) is 7.11 Å². The summed E-state index contributed by atoms with van der Waals surface area (Å²) in [5, 5.41) is 11.8. The molecule has 0 saturated heterocycles. The zero-order valence-corrected chi connectivity index (χ0v) is 17.5. The van der Waals surface area contributed by atoms with Crippen LogP contribution in [0.2, 0.25) is 0 Å². The van der Waals surface area contributed by atoms with E-state index in [-0.39, 0.29) is 11.2 Å². The molecule has 0 saturated carbocycles. The molecule has 2 aromatic carbocycles. The number of carbonyl (C=O) groups excluding carboxylic acids is 1. The van der Waals surface area contributed by atoms with Gasteiger partial charge in [-0.3, -0.25) is 4.79 Å². The van der Waals surface area contributed by atoms with E-state index in [1.807, 2.05) is 67.1 Å². The summed E-state index contributed by atoms with van der Waals surface area (Å²) < 4.78 is 8.23. The molecule has 0 spiro atoms. The summed E-state index contributed by atoms with van der Waals surface area (Å²) >= 11 is 4.74. The van der Waals surface area contributed by atoms with Crippen LogP contribution in [0.3, 0.4) is 0 Å². The third kappa shape index (κ3) is 4.51. The molecule has 6 nitrogen and oxygen atoms in total. The smallest absolute Gasteiger partial charge is 0.237 e. The maximum absolute atomic E-state index is 12.5. The van der Waals surface area contributed by atoms with E-state index < -0.39 is 0 Å². The number of carbonyl (C=O) groups is 1. The molecule has 1 aromatic heterocycles. The van der Waals surface area contributed by atoms with Crippen molar-refractivity contribution in [2.24, 2.45) is 7.05 Å². The van der Waals surface area contributed by atoms with Gasteiger partial charge in [0.25, 0.3) is 0 Å². The van der Waals surface area contributed by atoms with Crippen molar-refractivity contribution in [3.63, 3.8) is 0 Å². The largest absolute Gasteiger partial charge is 0.496 e. The summed E-state index contributed by atoms with van der Waals surface area (Å²) in [5.74, 6) is 1.32. The fraction of sp³-hybridized carbons (Fsp3) is 0.211. The van der Waals surface area contributed by atoms with Crippen molar-refractivity contribution in [3.8, 4) is 17.1 Å². The summed E-state index contributed by atoms with van der Waals surface area (Å²) in [6, 6.07) is 15.1. The molecule has 27 heavy (non-hydrogen) atoms. The number of aromatic nitrogens is 3. The number of anilines is 1. The molecule has 1 unspecified atom stereocenters. The van der Waals surface area contributed by atoms with Crippen LogP contribution in [0.4, 0.5) is 5.69 Å². The first kappa shape index (κ1) is 19.4. The lowest BCUT2D eigenvalue weighted by atomic mass is 10.2. The Morgan fingerprint density at radius 2 is 1.89 bits per heavy atom. The van der Waals surface area contributed by atoms with Crippen molar-refractivity contribution in [2.75, 3.05) is 12.4 Å². The third-order valence-corrected chi connectivity index (χ3v) is 5.61. The number of hydrogen-bond acceptors (Lipinski definition) is 5. The summed E-state index contributed by atoms with van der Waals surface area (Å²) in [7, 11) is 3.50. The molecular formula is C19H19BrN4O2S. The molecule has 1 N–H and O–H groups in total. The number of amides is 1. The van der Waals surface area contributed by atoms with Gasteiger partial charge in [0.2, 0.25) is 5.91 Å². The number of methoxy groups -OCH3 is 1. The maximum atomic E-state index is 12.5. The average Bonchev–Trinajstić information content (AvgIpc) is 3.03. The number of thioether (sulfide) groups is 1. The van der Waals surface area contributed by atoms with E-state index in [4.69, 9.17) is 4.74 Å². The number of nitrogens with zero attached hydrogens (tertiary/aromatic N) is 3. The maximum Gasteiger partial charge on any atom is 0.237 e. The van der Waals surface area contributed by atoms with Crippen LogP contribution in [0.1, 0.15) is 6.92 Å². The van der Waals surface area contributed by atoms with Gasteiger partial charge in [-0.05, 0) is 43.3 Å². The fourth-order valence-corrected chi connectivity index (χ4v) is 3.55. The highest BCUT2D eigenvalue weighted by Crippen LogP contribution is 2.31. The summed E-state index contributed by atoms with van der Waals surface area (Å²) in [6.07, 6.45) is 0. The molecule has 3 aromatic rings. The monoisotopic (exact) mass is 446 g/mol. The fourth-order valence-electron chi connectivity index (χ4n) is 2.47. The lowest BCUT2D eigenvalue weighted by molar-refractivity contribution is -0.115. The quantitative estimate of drug-likeness (QED) is 0.569. The first-order valence-corrected chi connectivity index (χ1v) is 9.92. The van der Waals surface area contributed by atoms with E-state index in [0.29, 0.717) is 11.0 Å². The number of halogens is 1. The average molecular weight is 447 g/mol. The third-order valence-electron chi connectivity index (χ3n) is 3.95. The lowest BCUT2D eigenvalue weighted by Crippen LogP contribution is -2.22. The predicted molar refractivity (Wildman–Crippen MR) is 111 cm³/mol. The second-order valence-corrected chi connectivity index (χ2v) is 8.05. The molecule has 0 bridgehead atoms. The van der Waals surface area contributed by atoms with Crippen LogP contribution >= 0.6 is 27.7 Å². The second-order valence-electron chi connectivity index (χ2n) is 5.82. The molecule has 0 aliphatic rings. The molecule has 0 radical (unpaired) electrons. The van der Waals surface area contributed by atoms with E-state index in [1.165, 1.54) is 11.8 Å². The Balaban J connectivity index is 1.73. The number of ether oxygens (including phenoxy) is 1. The van der Waals surface area contributed by atoms with E-state index in [0.717, 1.165) is 21.5 Å². The Morgan fingerprint density at radius 1 is 1.19 bits per heavy atom. The number of para-hydroxylation sites is 1. The SMILES string of the molecule is COc1ccccc1-c1nnc(SC(C)C(=O)Nc2ccc(Br)cc2)n1C. The van der Waals surface area contributed by atoms with Crippen molar-refractivity contribution < 1.29 is 9.53 Å². The highest BCUT2D eigenvalue weighted by molar-refractivity contribution is 9.10. The van der Waals surface area contributed by atoms with Gasteiger partial charge in [0, 0.05) is 17.2 Å². The van der Waals surface area contributed by atoms with Gasteiger partial charge in [0.1, 0.15) is 5.75 Å². The molecular weight excluding hydrogens is 428 g/mol. The first-order valence-electron chi connectivity index (χ1n) is 8.25. The summed E-state index contributed by atoms with van der Waals surface area (Å²) in [4.78, 5) is 12.5. The Kier molecular flexibility index (Phi) is 6.18. The Morgan fingerprint density at radius 3 is 2.59 bits per heavy atom. The standard InChI is InChI=1S/C19H19BrN4O2S/c1-12(18(25)21-14-10-8-13(20)9-11-14)27-19-23-22-17(24(19)2)15-6-4-5-7-16(15)26-3/h4-12H,1-3H3,(H,21,25). The minimum Gasteiger partial charge on any atom is -0.496 e. The van der Waals surface area contributed by atoms with Gasteiger partial charge in [-0.25, -0.2) is 0 Å². The molecule has 0 aliphatic carbocycles. The van der Waals surface area contributed by atoms with Crippen molar-refractivity contribution in [2.45, 2.75) is 17.3 Å². The Labute approximate surface area is 170 Å². The van der Waals surface area contributed by atoms with Crippen LogP contribution in [0.5, 0.6) is 5.75 Å². The van der Waals surface area contributed by atoms with Crippen molar-refractivity contribution in [1.82, 2.24) is 14.8 Å². The van der Waals surface area contributed by atoms with Crippen LogP contribution in [0.15, 0.2) is 58.2 Å². The highest BCUT2D eigenvalue weighted by atomic mass is 79.9. The van der Waals surface area contributed by atoms with Crippen LogP contribution < -0.4 is 10.1 Å². The number of benzene rings is 2. The summed E-state index contributed by atoms with van der Waals surface area (Å²) in [5.41, 5.74) is 1.61. The molecule has 140 valence electrons. The number of nitrogens with one attached hydrogen (secondary N) is 1. The molecule has 3 rings (SSSR count). The van der Waals surface area contributed by atoms with E-state index >= 15 is 0 Å². The zero-order valence-electron chi connectivity index (χ0n) is 15.1. The first-order chi connectivity index (χ1) is 13.0. The summed E-state index contributed by atoms with van der Waals surface area (Å²) in [6.45, 7) is 1.84. The van der Waals surface area contributed by atoms with Gasteiger partial charge in [-0.2, -0.15) is 0 Å². The molecule has 1 heterocycles. The molecule has 0 fully saturated rings. The highest BCUT2D eigenvalue weighted by Gasteiger charge is 2.20. The van der Waals surface area contributed by atoms with Crippen LogP contribution in [0, 0.1) is 0 Å². The van der Waals surface area contributed by atoms with Gasteiger partial charge in [0.15, 0.2) is 11.0 Å². The van der Waals surface area contributed by atoms with Gasteiger partial charge >= 0.3 is 0 Å². The van der Waals surface area contributed by atoms with Crippen LogP contribution in [-0.4, -0.2) is 33.0 Å². The Bertz CT molecular complexity index is 943. The topological polar surface area (TPSA) is 69.0 Å². The van der Waals surface area contributed by atoms with Crippen molar-refractivity contribution >= 4 is 39.3 Å². The lowest BCUT2D eigenvalue weighted by Gasteiger charge is -2.12. The van der Waals surface area contributed by atoms with Gasteiger partial charge in [0.05, 0.1) is 17.9 Å². The molecule has 1 atom stereocenters. The molecule has 8 heteroatoms. The number of rotatable bonds is 6. The van der Waals surface area contributed by atoms with Crippen LogP contribution in [-0.2, 0) is 11.8 Å². The van der Waals surface area contributed by atoms with Crippen molar-refractivity contribution in [3.05, 3.63) is 53.0 Å². The minimum atomic E-state index is -0.331. The predicted octanol–water partition coefficient (Wildman–Crippen LogP) is 4.37. The zero-order chi connectivity index (χ0) is 19.4. The van der Waals surface area contributed by atoms with E-state index in [9.17, 15) is 4.79 Å². The number of hydrogen-bond donors (Lipinski definition) is 1. The van der Waals surface area contributed by atoms with Crippen molar-refractivity contribution in [1.29, 1.82) is 0 Å². The molecule has 1 amide bonds. The van der Waals surface area contributed by atoms with Gasteiger partial charge in [-0.1, -0.05) is 39.8 Å². The van der Waals surface area contributed by atoms with Gasteiger partial charge in [-0.15, -0.1) is 10.2 Å².